The second kappa shape index (κ2) is 4.56. The highest BCUT2D eigenvalue weighted by molar-refractivity contribution is 7.80. The summed E-state index contributed by atoms with van der Waals surface area (Å²) in [5, 5.41) is 3.49. The highest BCUT2D eigenvalue weighted by Gasteiger charge is 2.20. The molecule has 1 rings (SSSR count). The fraction of sp³-hybridized carbons (Fsp3) is 0.600. The summed E-state index contributed by atoms with van der Waals surface area (Å²) in [6.45, 7) is 15.3. The quantitative estimate of drug-likeness (QED) is 0.684. The summed E-state index contributed by atoms with van der Waals surface area (Å²) in [6.07, 6.45) is 0. The number of anilines is 1. The minimum absolute atomic E-state index is 0.0627. The Morgan fingerprint density at radius 1 is 1.00 bits per heavy atom. The smallest absolute Gasteiger partial charge is 0.0482 e. The Morgan fingerprint density at radius 2 is 1.53 bits per heavy atom. The molecule has 1 aromatic rings. The van der Waals surface area contributed by atoms with Gasteiger partial charge in [0.25, 0.3) is 0 Å². The van der Waals surface area contributed by atoms with Crippen molar-refractivity contribution in [3.05, 3.63) is 23.3 Å². The van der Waals surface area contributed by atoms with E-state index in [0.717, 1.165) is 10.6 Å². The Labute approximate surface area is 111 Å². The molecular formula is C15H25NS. The fourth-order valence-corrected chi connectivity index (χ4v) is 2.27. The SMILES string of the molecule is Cc1c(C(C)(C)C)ccc(NC(C)(C)C)c1S. The third kappa shape index (κ3) is 3.67. The van der Waals surface area contributed by atoms with E-state index in [1.165, 1.54) is 11.1 Å². The van der Waals surface area contributed by atoms with E-state index in [2.05, 4.69) is 78.5 Å². The van der Waals surface area contributed by atoms with Crippen LogP contribution in [-0.4, -0.2) is 5.54 Å². The maximum Gasteiger partial charge on any atom is 0.0482 e. The lowest BCUT2D eigenvalue weighted by Gasteiger charge is -2.27. The molecule has 0 saturated carbocycles. The maximum atomic E-state index is 4.66. The lowest BCUT2D eigenvalue weighted by Crippen LogP contribution is -2.26. The molecule has 0 radical (unpaired) electrons. The van der Waals surface area contributed by atoms with Crippen LogP contribution < -0.4 is 5.32 Å². The molecule has 0 heterocycles. The molecule has 2 heteroatoms. The average Bonchev–Trinajstić information content (AvgIpc) is 2.08. The summed E-state index contributed by atoms with van der Waals surface area (Å²) in [5.41, 5.74) is 3.98. The van der Waals surface area contributed by atoms with Crippen molar-refractivity contribution in [1.29, 1.82) is 0 Å². The van der Waals surface area contributed by atoms with Crippen LogP contribution in [0.5, 0.6) is 0 Å². The molecule has 0 saturated heterocycles. The molecule has 96 valence electrons. The standard InChI is InChI=1S/C15H25NS/c1-10-11(14(2,3)4)8-9-12(13(10)17)16-15(5,6)7/h8-9,16-17H,1-7H3. The Balaban J connectivity index is 3.21. The van der Waals surface area contributed by atoms with Crippen LogP contribution in [0.3, 0.4) is 0 Å². The Kier molecular flexibility index (Phi) is 3.87. The van der Waals surface area contributed by atoms with Gasteiger partial charge in [-0.05, 0) is 50.3 Å². The van der Waals surface area contributed by atoms with Crippen LogP contribution in [0.25, 0.3) is 0 Å². The number of hydrogen-bond donors (Lipinski definition) is 2. The fourth-order valence-electron chi connectivity index (χ4n) is 2.02. The lowest BCUT2D eigenvalue weighted by molar-refractivity contribution is 0.583. The van der Waals surface area contributed by atoms with Gasteiger partial charge in [0.05, 0.1) is 0 Å². The monoisotopic (exact) mass is 251 g/mol. The van der Waals surface area contributed by atoms with E-state index in [9.17, 15) is 0 Å². The molecule has 0 bridgehead atoms. The van der Waals surface area contributed by atoms with E-state index in [1.807, 2.05) is 0 Å². The van der Waals surface area contributed by atoms with Crippen LogP contribution in [0.15, 0.2) is 17.0 Å². The van der Waals surface area contributed by atoms with Crippen molar-refractivity contribution in [1.82, 2.24) is 0 Å². The van der Waals surface area contributed by atoms with Gasteiger partial charge in [-0.1, -0.05) is 26.8 Å². The minimum atomic E-state index is 0.0627. The summed E-state index contributed by atoms with van der Waals surface area (Å²) < 4.78 is 0. The molecule has 0 aliphatic heterocycles. The van der Waals surface area contributed by atoms with Crippen LogP contribution in [0, 0.1) is 6.92 Å². The summed E-state index contributed by atoms with van der Waals surface area (Å²) >= 11 is 4.66. The highest BCUT2D eigenvalue weighted by atomic mass is 32.1. The minimum Gasteiger partial charge on any atom is -0.380 e. The average molecular weight is 251 g/mol. The molecule has 17 heavy (non-hydrogen) atoms. The number of rotatable bonds is 1. The molecule has 1 nitrogen and oxygen atoms in total. The van der Waals surface area contributed by atoms with Crippen LogP contribution in [0.4, 0.5) is 5.69 Å². The van der Waals surface area contributed by atoms with Gasteiger partial charge in [-0.3, -0.25) is 0 Å². The highest BCUT2D eigenvalue weighted by Crippen LogP contribution is 2.34. The summed E-state index contributed by atoms with van der Waals surface area (Å²) in [5.74, 6) is 0. The van der Waals surface area contributed by atoms with Crippen molar-refractivity contribution in [3.8, 4) is 0 Å². The first-order valence-corrected chi connectivity index (χ1v) is 6.58. The maximum absolute atomic E-state index is 4.66. The molecule has 0 atom stereocenters. The first kappa shape index (κ1) is 14.4. The summed E-state index contributed by atoms with van der Waals surface area (Å²) in [6, 6.07) is 4.35. The van der Waals surface area contributed by atoms with E-state index in [1.54, 1.807) is 0 Å². The Bertz CT molecular complexity index is 408. The predicted molar refractivity (Wildman–Crippen MR) is 80.5 cm³/mol. The van der Waals surface area contributed by atoms with Crippen LogP contribution in [0.1, 0.15) is 52.7 Å². The van der Waals surface area contributed by atoms with Gasteiger partial charge in [-0.25, -0.2) is 0 Å². The molecule has 0 aromatic heterocycles. The second-order valence-electron chi connectivity index (χ2n) is 6.76. The van der Waals surface area contributed by atoms with Crippen LogP contribution >= 0.6 is 12.6 Å². The Hall–Kier alpha value is -0.630. The van der Waals surface area contributed by atoms with Gasteiger partial charge in [0.1, 0.15) is 0 Å². The normalized spacial score (nSPS) is 12.7. The first-order valence-electron chi connectivity index (χ1n) is 6.13. The molecule has 0 fully saturated rings. The van der Waals surface area contributed by atoms with Crippen molar-refractivity contribution in [2.24, 2.45) is 0 Å². The van der Waals surface area contributed by atoms with Crippen LogP contribution in [0.2, 0.25) is 0 Å². The van der Waals surface area contributed by atoms with E-state index in [4.69, 9.17) is 0 Å². The largest absolute Gasteiger partial charge is 0.380 e. The summed E-state index contributed by atoms with van der Waals surface area (Å²) in [4.78, 5) is 1.06. The number of hydrogen-bond acceptors (Lipinski definition) is 2. The van der Waals surface area contributed by atoms with Gasteiger partial charge in [0.15, 0.2) is 0 Å². The zero-order valence-electron chi connectivity index (χ0n) is 12.1. The van der Waals surface area contributed by atoms with Gasteiger partial charge >= 0.3 is 0 Å². The van der Waals surface area contributed by atoms with Crippen molar-refractivity contribution < 1.29 is 0 Å². The zero-order chi connectivity index (χ0) is 13.4. The lowest BCUT2D eigenvalue weighted by atomic mass is 9.84. The molecule has 1 N–H and O–H groups in total. The van der Waals surface area contributed by atoms with Crippen molar-refractivity contribution in [2.45, 2.75) is 64.3 Å². The second-order valence-corrected chi connectivity index (χ2v) is 7.21. The molecule has 0 unspecified atom stereocenters. The molecule has 0 aliphatic carbocycles. The predicted octanol–water partition coefficient (Wildman–Crippen LogP) is 4.79. The topological polar surface area (TPSA) is 12.0 Å². The molecule has 0 aliphatic rings. The van der Waals surface area contributed by atoms with E-state index < -0.39 is 0 Å². The van der Waals surface area contributed by atoms with E-state index in [-0.39, 0.29) is 11.0 Å². The van der Waals surface area contributed by atoms with Gasteiger partial charge in [0, 0.05) is 16.1 Å². The molecule has 1 aromatic carbocycles. The van der Waals surface area contributed by atoms with Gasteiger partial charge < -0.3 is 5.32 Å². The third-order valence-corrected chi connectivity index (χ3v) is 3.32. The van der Waals surface area contributed by atoms with Gasteiger partial charge in [-0.2, -0.15) is 0 Å². The Morgan fingerprint density at radius 3 is 1.94 bits per heavy atom. The van der Waals surface area contributed by atoms with E-state index in [0.29, 0.717) is 0 Å². The molecule has 0 spiro atoms. The zero-order valence-corrected chi connectivity index (χ0v) is 13.0. The third-order valence-electron chi connectivity index (χ3n) is 2.75. The summed E-state index contributed by atoms with van der Waals surface area (Å²) in [7, 11) is 0. The van der Waals surface area contributed by atoms with Crippen molar-refractivity contribution in [2.75, 3.05) is 5.32 Å². The molecular weight excluding hydrogens is 226 g/mol. The van der Waals surface area contributed by atoms with Crippen LogP contribution in [-0.2, 0) is 5.41 Å². The molecule has 0 amide bonds. The number of benzene rings is 1. The van der Waals surface area contributed by atoms with E-state index >= 15 is 0 Å². The van der Waals surface area contributed by atoms with Crippen molar-refractivity contribution in [3.63, 3.8) is 0 Å². The number of thiol groups is 1. The van der Waals surface area contributed by atoms with Gasteiger partial charge in [0.2, 0.25) is 0 Å². The van der Waals surface area contributed by atoms with Crippen molar-refractivity contribution >= 4 is 18.3 Å². The number of nitrogens with one attached hydrogen (secondary N) is 1. The first-order chi connectivity index (χ1) is 7.52. The van der Waals surface area contributed by atoms with Gasteiger partial charge in [-0.15, -0.1) is 12.6 Å².